The zero-order valence-electron chi connectivity index (χ0n) is 11.2. The highest BCUT2D eigenvalue weighted by Crippen LogP contribution is 2.67. The van der Waals surface area contributed by atoms with Gasteiger partial charge in [-0.2, -0.15) is 0 Å². The number of hydrogen-bond donors (Lipinski definition) is 0. The van der Waals surface area contributed by atoms with Crippen LogP contribution in [0.15, 0.2) is 24.3 Å². The molecule has 1 spiro atoms. The van der Waals surface area contributed by atoms with Gasteiger partial charge in [-0.3, -0.25) is 25.0 Å². The van der Waals surface area contributed by atoms with Gasteiger partial charge in [0.25, 0.3) is 5.69 Å². The fourth-order valence-corrected chi connectivity index (χ4v) is 3.81. The predicted molar refractivity (Wildman–Crippen MR) is 72.5 cm³/mol. The van der Waals surface area contributed by atoms with Crippen molar-refractivity contribution in [2.45, 2.75) is 37.6 Å². The van der Waals surface area contributed by atoms with Crippen molar-refractivity contribution in [3.8, 4) is 0 Å². The first kappa shape index (κ1) is 13.7. The maximum Gasteiger partial charge on any atom is 0.273 e. The van der Waals surface area contributed by atoms with Crippen LogP contribution < -0.4 is 0 Å². The molecule has 2 aliphatic rings. The summed E-state index contributed by atoms with van der Waals surface area (Å²) in [6.07, 6.45) is 2.29. The summed E-state index contributed by atoms with van der Waals surface area (Å²) in [5.74, 6) is -0.777. The van der Waals surface area contributed by atoms with E-state index in [0.717, 1.165) is 12.8 Å². The van der Waals surface area contributed by atoms with E-state index in [1.807, 2.05) is 0 Å². The first-order valence-electron chi connectivity index (χ1n) is 6.90. The van der Waals surface area contributed by atoms with E-state index >= 15 is 0 Å². The van der Waals surface area contributed by atoms with Gasteiger partial charge in [0, 0.05) is 23.0 Å². The molecule has 0 bridgehead atoms. The minimum atomic E-state index is -1.02. The quantitative estimate of drug-likeness (QED) is 0.628. The van der Waals surface area contributed by atoms with Gasteiger partial charge in [0.1, 0.15) is 11.2 Å². The van der Waals surface area contributed by atoms with Crippen LogP contribution >= 0.6 is 0 Å². The number of rotatable bonds is 3. The van der Waals surface area contributed by atoms with Gasteiger partial charge in [-0.05, 0) is 12.8 Å². The van der Waals surface area contributed by atoms with Crippen molar-refractivity contribution in [3.63, 3.8) is 0 Å². The lowest BCUT2D eigenvalue weighted by molar-refractivity contribution is -0.502. The molecule has 7 heteroatoms. The summed E-state index contributed by atoms with van der Waals surface area (Å²) in [6, 6.07) is 5.01. The SMILES string of the molecule is O=C1CCCC[C@@]12[C@@H]([N+](=O)[O-])[C@@H]2c1ccccc1[N+](=O)[O-]. The van der Waals surface area contributed by atoms with Crippen LogP contribution in [-0.2, 0) is 4.79 Å². The Kier molecular flexibility index (Phi) is 3.00. The van der Waals surface area contributed by atoms with Gasteiger partial charge < -0.3 is 0 Å². The van der Waals surface area contributed by atoms with Crippen LogP contribution in [0.3, 0.4) is 0 Å². The highest BCUT2D eigenvalue weighted by molar-refractivity contribution is 5.91. The van der Waals surface area contributed by atoms with E-state index in [9.17, 15) is 25.0 Å². The van der Waals surface area contributed by atoms with Crippen molar-refractivity contribution in [1.82, 2.24) is 0 Å². The van der Waals surface area contributed by atoms with Gasteiger partial charge in [-0.1, -0.05) is 24.6 Å². The van der Waals surface area contributed by atoms with Crippen LogP contribution in [0, 0.1) is 25.6 Å². The van der Waals surface area contributed by atoms with Gasteiger partial charge in [0.15, 0.2) is 0 Å². The van der Waals surface area contributed by atoms with Crippen molar-refractivity contribution in [1.29, 1.82) is 0 Å². The molecule has 1 aromatic rings. The van der Waals surface area contributed by atoms with E-state index in [0.29, 0.717) is 18.4 Å². The maximum absolute atomic E-state index is 12.3. The highest BCUT2D eigenvalue weighted by atomic mass is 16.6. The van der Waals surface area contributed by atoms with Crippen molar-refractivity contribution in [3.05, 3.63) is 50.1 Å². The van der Waals surface area contributed by atoms with Crippen molar-refractivity contribution < 1.29 is 14.6 Å². The zero-order chi connectivity index (χ0) is 15.2. The Hall–Kier alpha value is -2.31. The Bertz CT molecular complexity index is 644. The summed E-state index contributed by atoms with van der Waals surface area (Å²) >= 11 is 0. The molecular weight excluding hydrogens is 276 g/mol. The fraction of sp³-hybridized carbons (Fsp3) is 0.500. The number of nitro groups is 2. The smallest absolute Gasteiger partial charge is 0.273 e. The molecule has 3 atom stereocenters. The number of para-hydroxylation sites is 1. The lowest BCUT2D eigenvalue weighted by Gasteiger charge is -2.19. The van der Waals surface area contributed by atoms with Crippen molar-refractivity contribution in [2.75, 3.05) is 0 Å². The van der Waals surface area contributed by atoms with E-state index in [1.54, 1.807) is 6.07 Å². The van der Waals surface area contributed by atoms with Gasteiger partial charge in [0.05, 0.1) is 10.8 Å². The Morgan fingerprint density at radius 1 is 1.14 bits per heavy atom. The first-order chi connectivity index (χ1) is 10.00. The second kappa shape index (κ2) is 4.61. The molecular formula is C14H14N2O5. The van der Waals surface area contributed by atoms with Gasteiger partial charge in [0.2, 0.25) is 6.04 Å². The average molecular weight is 290 g/mol. The summed E-state index contributed by atoms with van der Waals surface area (Å²) in [4.78, 5) is 33.8. The van der Waals surface area contributed by atoms with E-state index in [1.165, 1.54) is 18.2 Å². The molecule has 110 valence electrons. The van der Waals surface area contributed by atoms with Crippen LogP contribution in [0.2, 0.25) is 0 Å². The van der Waals surface area contributed by atoms with Gasteiger partial charge in [-0.25, -0.2) is 0 Å². The fourth-order valence-electron chi connectivity index (χ4n) is 3.81. The third kappa shape index (κ3) is 1.84. The topological polar surface area (TPSA) is 103 Å². The minimum Gasteiger partial charge on any atom is -0.299 e. The first-order valence-corrected chi connectivity index (χ1v) is 6.90. The molecule has 2 fully saturated rings. The van der Waals surface area contributed by atoms with Crippen LogP contribution in [0.4, 0.5) is 5.69 Å². The van der Waals surface area contributed by atoms with E-state index in [4.69, 9.17) is 0 Å². The van der Waals surface area contributed by atoms with Gasteiger partial charge >= 0.3 is 0 Å². The van der Waals surface area contributed by atoms with E-state index in [-0.39, 0.29) is 11.5 Å². The third-order valence-corrected chi connectivity index (χ3v) is 4.75. The lowest BCUT2D eigenvalue weighted by atomic mass is 9.81. The molecule has 0 radical (unpaired) electrons. The second-order valence-electron chi connectivity index (χ2n) is 5.69. The van der Waals surface area contributed by atoms with E-state index in [2.05, 4.69) is 0 Å². The lowest BCUT2D eigenvalue weighted by Crippen LogP contribution is -2.27. The summed E-state index contributed by atoms with van der Waals surface area (Å²) in [5, 5.41) is 22.5. The normalized spacial score (nSPS) is 31.1. The van der Waals surface area contributed by atoms with Crippen LogP contribution in [0.5, 0.6) is 0 Å². The number of carbonyl (C=O) groups is 1. The van der Waals surface area contributed by atoms with Crippen LogP contribution in [0.25, 0.3) is 0 Å². The van der Waals surface area contributed by atoms with Crippen molar-refractivity contribution in [2.24, 2.45) is 5.41 Å². The Morgan fingerprint density at radius 2 is 1.86 bits per heavy atom. The zero-order valence-corrected chi connectivity index (χ0v) is 11.2. The number of Topliss-reactive ketones (excluding diaryl/α,β-unsaturated/α-hetero) is 1. The standard InChI is InChI=1S/C14H14N2O5/c17-11-7-3-4-8-14(11)12(13(14)16(20)21)9-5-1-2-6-10(9)15(18)19/h1-2,5-6,12-13H,3-4,7-8H2/t12-,13-,14+/m0/s1. The number of nitro benzene ring substituents is 1. The molecule has 2 aliphatic carbocycles. The number of benzene rings is 1. The summed E-state index contributed by atoms with van der Waals surface area (Å²) < 4.78 is 0. The number of hydrogen-bond acceptors (Lipinski definition) is 5. The average Bonchev–Trinajstić information content (AvgIpc) is 3.12. The molecule has 0 saturated heterocycles. The molecule has 2 saturated carbocycles. The largest absolute Gasteiger partial charge is 0.299 e. The molecule has 0 amide bonds. The molecule has 7 nitrogen and oxygen atoms in total. The molecule has 0 unspecified atom stereocenters. The van der Waals surface area contributed by atoms with E-state index < -0.39 is 27.2 Å². The van der Waals surface area contributed by atoms with Crippen LogP contribution in [-0.4, -0.2) is 21.7 Å². The number of nitrogens with zero attached hydrogens (tertiary/aromatic N) is 2. The Balaban J connectivity index is 2.08. The molecule has 1 aromatic carbocycles. The molecule has 3 rings (SSSR count). The molecule has 0 N–H and O–H groups in total. The highest BCUT2D eigenvalue weighted by Gasteiger charge is 2.78. The Labute approximate surface area is 120 Å². The Morgan fingerprint density at radius 3 is 2.48 bits per heavy atom. The molecule has 21 heavy (non-hydrogen) atoms. The third-order valence-electron chi connectivity index (χ3n) is 4.75. The maximum atomic E-state index is 12.3. The summed E-state index contributed by atoms with van der Waals surface area (Å²) in [7, 11) is 0. The van der Waals surface area contributed by atoms with Crippen molar-refractivity contribution >= 4 is 11.5 Å². The summed E-state index contributed by atoms with van der Waals surface area (Å²) in [5.41, 5.74) is -0.836. The minimum absolute atomic E-state index is 0.112. The number of ketones is 1. The predicted octanol–water partition coefficient (Wildman–Crippen LogP) is 2.47. The molecule has 0 aliphatic heterocycles. The number of carbonyl (C=O) groups excluding carboxylic acids is 1. The molecule has 0 aromatic heterocycles. The monoisotopic (exact) mass is 290 g/mol. The molecule has 0 heterocycles. The van der Waals surface area contributed by atoms with Crippen LogP contribution in [0.1, 0.15) is 37.2 Å². The second-order valence-corrected chi connectivity index (χ2v) is 5.69. The van der Waals surface area contributed by atoms with Gasteiger partial charge in [-0.15, -0.1) is 0 Å². The summed E-state index contributed by atoms with van der Waals surface area (Å²) in [6.45, 7) is 0.